The van der Waals surface area contributed by atoms with Crippen LogP contribution in [0.25, 0.3) is 0 Å². The summed E-state index contributed by atoms with van der Waals surface area (Å²) in [4.78, 5) is 3.28. The lowest BCUT2D eigenvalue weighted by Gasteiger charge is -2.17. The minimum Gasteiger partial charge on any atom is -0.591 e. The van der Waals surface area contributed by atoms with Gasteiger partial charge in [0, 0.05) is 16.2 Å². The number of pyridine rings is 1. The Morgan fingerprint density at radius 1 is 1.37 bits per heavy atom. The van der Waals surface area contributed by atoms with E-state index in [1.807, 2.05) is 0 Å². The van der Waals surface area contributed by atoms with E-state index in [-0.39, 0.29) is 5.56 Å². The Hall–Kier alpha value is -0.600. The van der Waals surface area contributed by atoms with E-state index in [4.69, 9.17) is 0 Å². The summed E-state index contributed by atoms with van der Waals surface area (Å²) >= 11 is 1.55. The Kier molecular flexibility index (Phi) is 5.02. The molecular formula is C11H12BrF3N2OS. The van der Waals surface area contributed by atoms with Crippen LogP contribution in [0.15, 0.2) is 21.1 Å². The molecule has 0 amide bonds. The zero-order valence-electron chi connectivity index (χ0n) is 10.5. The summed E-state index contributed by atoms with van der Waals surface area (Å²) in [5.41, 5.74) is -0.835. The Bertz CT molecular complexity index is 486. The fourth-order valence-electron chi connectivity index (χ4n) is 0.971. The van der Waals surface area contributed by atoms with E-state index in [2.05, 4.69) is 25.3 Å². The largest absolute Gasteiger partial charge is 0.591 e. The Morgan fingerprint density at radius 2 is 1.95 bits per heavy atom. The highest BCUT2D eigenvalue weighted by Gasteiger charge is 2.33. The first kappa shape index (κ1) is 16.5. The van der Waals surface area contributed by atoms with Gasteiger partial charge < -0.3 is 4.55 Å². The third-order valence-electron chi connectivity index (χ3n) is 1.99. The van der Waals surface area contributed by atoms with Crippen LogP contribution in [0.5, 0.6) is 0 Å². The number of hydrogen-bond donors (Lipinski definition) is 0. The topological polar surface area (TPSA) is 48.3 Å². The lowest BCUT2D eigenvalue weighted by atomic mass is 10.2. The molecule has 0 saturated heterocycles. The lowest BCUT2D eigenvalue weighted by Crippen LogP contribution is -2.25. The molecule has 0 bridgehead atoms. The number of alkyl halides is 3. The smallest absolute Gasteiger partial charge is 0.433 e. The first-order chi connectivity index (χ1) is 8.51. The maximum atomic E-state index is 12.5. The number of rotatable bonds is 2. The molecule has 0 spiro atoms. The van der Waals surface area contributed by atoms with Crippen molar-refractivity contribution in [3.63, 3.8) is 0 Å². The predicted octanol–water partition coefficient (Wildman–Crippen LogP) is 3.74. The molecular weight excluding hydrogens is 345 g/mol. The van der Waals surface area contributed by atoms with Gasteiger partial charge in [0.05, 0.1) is 6.21 Å². The zero-order chi connectivity index (χ0) is 14.8. The van der Waals surface area contributed by atoms with Gasteiger partial charge >= 0.3 is 6.18 Å². The number of aromatic nitrogens is 1. The molecule has 0 unspecified atom stereocenters. The van der Waals surface area contributed by atoms with Gasteiger partial charge in [-0.25, -0.2) is 0 Å². The average molecular weight is 357 g/mol. The maximum absolute atomic E-state index is 12.5. The van der Waals surface area contributed by atoms with Gasteiger partial charge in [-0.2, -0.15) is 13.2 Å². The zero-order valence-corrected chi connectivity index (χ0v) is 12.9. The average Bonchev–Trinajstić information content (AvgIpc) is 2.24. The van der Waals surface area contributed by atoms with Crippen molar-refractivity contribution in [1.82, 2.24) is 4.98 Å². The Balaban J connectivity index is 3.05. The van der Waals surface area contributed by atoms with Gasteiger partial charge in [0.25, 0.3) is 0 Å². The second-order valence-corrected chi connectivity index (χ2v) is 7.47. The van der Waals surface area contributed by atoms with Crippen molar-refractivity contribution >= 4 is 33.5 Å². The molecule has 1 atom stereocenters. The maximum Gasteiger partial charge on any atom is 0.433 e. The van der Waals surface area contributed by atoms with Crippen LogP contribution in [-0.4, -0.2) is 20.5 Å². The third-order valence-corrected chi connectivity index (χ3v) is 3.99. The Labute approximate surface area is 120 Å². The van der Waals surface area contributed by atoms with Crippen LogP contribution < -0.4 is 0 Å². The van der Waals surface area contributed by atoms with Crippen molar-refractivity contribution in [2.45, 2.75) is 31.7 Å². The van der Waals surface area contributed by atoms with Crippen molar-refractivity contribution in [3.05, 3.63) is 28.0 Å². The normalized spacial score (nSPS) is 14.9. The van der Waals surface area contributed by atoms with Crippen LogP contribution in [0.4, 0.5) is 13.2 Å². The molecule has 1 rings (SSSR count). The van der Waals surface area contributed by atoms with E-state index in [9.17, 15) is 17.7 Å². The number of nitrogens with zero attached hydrogens (tertiary/aromatic N) is 2. The fraction of sp³-hybridized carbons (Fsp3) is 0.455. The highest BCUT2D eigenvalue weighted by atomic mass is 79.9. The van der Waals surface area contributed by atoms with Crippen LogP contribution in [0.1, 0.15) is 32.0 Å². The second-order valence-electron chi connectivity index (χ2n) is 4.68. The molecule has 0 fully saturated rings. The molecule has 0 aromatic carbocycles. The van der Waals surface area contributed by atoms with Crippen molar-refractivity contribution in [2.75, 3.05) is 0 Å². The second kappa shape index (κ2) is 5.80. The highest BCUT2D eigenvalue weighted by molar-refractivity contribution is 9.10. The van der Waals surface area contributed by atoms with Gasteiger partial charge in [0.1, 0.15) is 21.8 Å². The first-order valence-electron chi connectivity index (χ1n) is 5.20. The minimum atomic E-state index is -4.52. The van der Waals surface area contributed by atoms with Crippen molar-refractivity contribution in [1.29, 1.82) is 0 Å². The van der Waals surface area contributed by atoms with E-state index >= 15 is 0 Å². The molecule has 0 radical (unpaired) electrons. The van der Waals surface area contributed by atoms with E-state index in [1.54, 1.807) is 20.8 Å². The number of hydrogen-bond acceptors (Lipinski definition) is 3. The molecule has 0 saturated carbocycles. The molecule has 1 aromatic heterocycles. The highest BCUT2D eigenvalue weighted by Crippen LogP contribution is 2.29. The molecule has 0 aliphatic carbocycles. The van der Waals surface area contributed by atoms with Gasteiger partial charge in [-0.1, -0.05) is 4.40 Å². The van der Waals surface area contributed by atoms with Gasteiger partial charge in [-0.05, 0) is 42.8 Å². The van der Waals surface area contributed by atoms with Crippen LogP contribution in [0.2, 0.25) is 0 Å². The lowest BCUT2D eigenvalue weighted by molar-refractivity contribution is -0.141. The molecule has 8 heteroatoms. The van der Waals surface area contributed by atoms with Gasteiger partial charge in [-0.3, -0.25) is 4.98 Å². The van der Waals surface area contributed by atoms with Crippen molar-refractivity contribution in [3.8, 4) is 0 Å². The fourth-order valence-corrected chi connectivity index (χ4v) is 1.82. The summed E-state index contributed by atoms with van der Waals surface area (Å²) in [5, 5.41) is 0. The Morgan fingerprint density at radius 3 is 2.42 bits per heavy atom. The molecule has 106 valence electrons. The summed E-state index contributed by atoms with van der Waals surface area (Å²) in [6, 6.07) is 0.855. The van der Waals surface area contributed by atoms with Crippen LogP contribution in [0, 0.1) is 0 Å². The van der Waals surface area contributed by atoms with Gasteiger partial charge in [-0.15, -0.1) is 0 Å². The molecule has 19 heavy (non-hydrogen) atoms. The SMILES string of the molecule is CC(C)(C)[S@+]([O-])/N=C/c1cc(C(F)(F)F)ncc1Br. The van der Waals surface area contributed by atoms with Crippen LogP contribution in [0.3, 0.4) is 0 Å². The van der Waals surface area contributed by atoms with Crippen molar-refractivity contribution in [2.24, 2.45) is 4.40 Å². The monoisotopic (exact) mass is 356 g/mol. The summed E-state index contributed by atoms with van der Waals surface area (Å²) in [5.74, 6) is 0. The quantitative estimate of drug-likeness (QED) is 0.598. The third kappa shape index (κ3) is 4.77. The molecule has 3 nitrogen and oxygen atoms in total. The summed E-state index contributed by atoms with van der Waals surface area (Å²) < 4.78 is 52.8. The van der Waals surface area contributed by atoms with Gasteiger partial charge in [0.2, 0.25) is 0 Å². The molecule has 0 aliphatic rings. The molecule has 1 aromatic rings. The molecule has 0 aliphatic heterocycles. The molecule has 0 N–H and O–H groups in total. The number of halogens is 4. The van der Waals surface area contributed by atoms with E-state index in [0.29, 0.717) is 4.47 Å². The first-order valence-corrected chi connectivity index (χ1v) is 7.10. The van der Waals surface area contributed by atoms with E-state index in [1.165, 1.54) is 0 Å². The molecule has 1 heterocycles. The van der Waals surface area contributed by atoms with Gasteiger partial charge in [0.15, 0.2) is 0 Å². The van der Waals surface area contributed by atoms with Crippen LogP contribution >= 0.6 is 15.9 Å². The summed E-state index contributed by atoms with van der Waals surface area (Å²) in [7, 11) is 0. The summed E-state index contributed by atoms with van der Waals surface area (Å²) in [6.07, 6.45) is -2.32. The van der Waals surface area contributed by atoms with E-state index < -0.39 is 28.0 Å². The minimum absolute atomic E-state index is 0.180. The van der Waals surface area contributed by atoms with E-state index in [0.717, 1.165) is 18.5 Å². The van der Waals surface area contributed by atoms with Crippen molar-refractivity contribution < 1.29 is 17.7 Å². The standard InChI is InChI=1S/C11H12BrF3N2OS/c1-10(2,3)19(18)17-5-7-4-9(11(13,14)15)16-6-8(7)12/h4-6H,1-3H3/b17-5+/t19-/m0/s1. The van der Waals surface area contributed by atoms with Crippen LogP contribution in [-0.2, 0) is 17.5 Å². The summed E-state index contributed by atoms with van der Waals surface area (Å²) in [6.45, 7) is 5.18. The predicted molar refractivity (Wildman–Crippen MR) is 72.4 cm³/mol.